The van der Waals surface area contributed by atoms with Crippen LogP contribution in [0.2, 0.25) is 0 Å². The highest BCUT2D eigenvalue weighted by molar-refractivity contribution is 6.76. The minimum Gasteiger partial charge on any atom is -0.113 e. The molecule has 0 aromatic rings. The summed E-state index contributed by atoms with van der Waals surface area (Å²) in [6.07, 6.45) is 0. The van der Waals surface area contributed by atoms with E-state index in [2.05, 4.69) is 0 Å². The van der Waals surface area contributed by atoms with Gasteiger partial charge in [0.05, 0.1) is 5.03 Å². The van der Waals surface area contributed by atoms with Crippen LogP contribution in [0.1, 0.15) is 0 Å². The second kappa shape index (κ2) is 6.79. The Hall–Kier alpha value is 2.93. The van der Waals surface area contributed by atoms with Crippen LogP contribution in [-0.4, -0.2) is 16.8 Å². The topological polar surface area (TPSA) is 0 Å². The first-order valence-electron chi connectivity index (χ1n) is 3.44. The van der Waals surface area contributed by atoms with E-state index in [-0.39, 0.29) is 5.57 Å². The summed E-state index contributed by atoms with van der Waals surface area (Å²) in [6.45, 7) is 0. The largest absolute Gasteiger partial charge is 0.226 e. The lowest BCUT2D eigenvalue weighted by molar-refractivity contribution is 0.949. The highest BCUT2D eigenvalue weighted by Gasteiger charge is 2.46. The Morgan fingerprint density at radius 1 is 0.706 bits per heavy atom. The SMILES string of the molecule is ClC(=C(C(Cl)C(Cl)(Cl)Cl)C(Cl)(Cl)Cl)C(Cl)(Cl)Cl. The average Bonchev–Trinajstić information content (AvgIpc) is 1.97. The van der Waals surface area contributed by atoms with E-state index in [1.165, 1.54) is 0 Å². The van der Waals surface area contributed by atoms with Crippen molar-refractivity contribution in [2.45, 2.75) is 16.8 Å². The Morgan fingerprint density at radius 2 is 1.06 bits per heavy atom. The maximum Gasteiger partial charge on any atom is 0.226 e. The molecule has 102 valence electrons. The Bertz CT molecular complexity index is 299. The predicted octanol–water partition coefficient (Wildman–Crippen LogP) is 7.20. The summed E-state index contributed by atoms with van der Waals surface area (Å²) in [6, 6.07) is 0. The molecule has 0 fully saturated rings. The molecule has 0 nitrogen and oxygen atoms in total. The van der Waals surface area contributed by atoms with E-state index >= 15 is 0 Å². The third-order valence-electron chi connectivity index (χ3n) is 1.33. The summed E-state index contributed by atoms with van der Waals surface area (Å²) in [4.78, 5) is 0. The van der Waals surface area contributed by atoms with E-state index in [1.807, 2.05) is 0 Å². The fourth-order valence-corrected chi connectivity index (χ4v) is 2.83. The number of halogens is 11. The van der Waals surface area contributed by atoms with Crippen LogP contribution in [-0.2, 0) is 0 Å². The molecule has 0 radical (unpaired) electrons. The first-order chi connectivity index (χ1) is 7.19. The molecule has 17 heavy (non-hydrogen) atoms. The molecule has 0 rings (SSSR count). The average molecular weight is 463 g/mol. The summed E-state index contributed by atoms with van der Waals surface area (Å²) in [5.41, 5.74) is -0.328. The maximum absolute atomic E-state index is 5.84. The summed E-state index contributed by atoms with van der Waals surface area (Å²) in [5.74, 6) is 0. The van der Waals surface area contributed by atoms with Crippen LogP contribution in [0, 0.1) is 0 Å². The molecule has 0 amide bonds. The molecule has 0 aromatic carbocycles. The normalized spacial score (nSPS) is 17.8. The van der Waals surface area contributed by atoms with Gasteiger partial charge in [-0.15, -0.1) is 11.6 Å². The van der Waals surface area contributed by atoms with Gasteiger partial charge < -0.3 is 0 Å². The number of alkyl halides is 10. The summed E-state index contributed by atoms with van der Waals surface area (Å²) in [7, 11) is 0. The fourth-order valence-electron chi connectivity index (χ4n) is 0.696. The van der Waals surface area contributed by atoms with Gasteiger partial charge in [0.25, 0.3) is 0 Å². The van der Waals surface area contributed by atoms with E-state index in [0.717, 1.165) is 0 Å². The molecule has 0 saturated heterocycles. The van der Waals surface area contributed by atoms with Crippen LogP contribution in [0.5, 0.6) is 0 Å². The zero-order chi connectivity index (χ0) is 14.2. The molecule has 0 bridgehead atoms. The van der Waals surface area contributed by atoms with Crippen molar-refractivity contribution in [2.24, 2.45) is 0 Å². The second-order valence-electron chi connectivity index (χ2n) is 2.63. The van der Waals surface area contributed by atoms with E-state index < -0.39 is 21.8 Å². The predicted molar refractivity (Wildman–Crippen MR) is 83.4 cm³/mol. The van der Waals surface area contributed by atoms with Crippen LogP contribution in [0.3, 0.4) is 0 Å². The number of allylic oxidation sites excluding steroid dienone is 2. The van der Waals surface area contributed by atoms with Gasteiger partial charge in [-0.1, -0.05) is 116 Å². The molecule has 1 atom stereocenters. The Morgan fingerprint density at radius 3 is 1.24 bits per heavy atom. The highest BCUT2D eigenvalue weighted by atomic mass is 35.6. The van der Waals surface area contributed by atoms with E-state index in [4.69, 9.17) is 128 Å². The molecule has 0 aliphatic heterocycles. The van der Waals surface area contributed by atoms with Gasteiger partial charge in [0, 0.05) is 5.57 Å². The second-order valence-corrected chi connectivity index (χ2v) is 10.4. The third kappa shape index (κ3) is 6.48. The quantitative estimate of drug-likeness (QED) is 0.361. The molecule has 11 heteroatoms. The first-order valence-corrected chi connectivity index (χ1v) is 7.65. The molecule has 0 spiro atoms. The standard InChI is InChI=1S/C6HCl11/c7-2(5(12,13)14)1(4(9,10)11)3(8)6(15,16)17/h2H. The zero-order valence-electron chi connectivity index (χ0n) is 7.23. The summed E-state index contributed by atoms with van der Waals surface area (Å²) in [5, 5.41) is -1.85. The molecule has 0 saturated carbocycles. The van der Waals surface area contributed by atoms with Gasteiger partial charge in [-0.05, 0) is 0 Å². The smallest absolute Gasteiger partial charge is 0.113 e. The monoisotopic (exact) mass is 458 g/mol. The molecular formula is C6HCl11. The van der Waals surface area contributed by atoms with Crippen molar-refractivity contribution in [3.8, 4) is 0 Å². The number of hydrogen-bond acceptors (Lipinski definition) is 0. The lowest BCUT2D eigenvalue weighted by Crippen LogP contribution is -2.31. The number of hydrogen-bond donors (Lipinski definition) is 0. The van der Waals surface area contributed by atoms with Crippen molar-refractivity contribution in [3.05, 3.63) is 10.6 Å². The molecule has 0 N–H and O–H groups in total. The molecule has 1 unspecified atom stereocenters. The van der Waals surface area contributed by atoms with Gasteiger partial charge in [0.2, 0.25) is 11.4 Å². The van der Waals surface area contributed by atoms with Gasteiger partial charge in [-0.25, -0.2) is 0 Å². The molecular weight excluding hydrogens is 462 g/mol. The van der Waals surface area contributed by atoms with Crippen LogP contribution in [0.4, 0.5) is 0 Å². The van der Waals surface area contributed by atoms with Crippen molar-refractivity contribution in [2.75, 3.05) is 0 Å². The number of rotatable bonds is 1. The molecule has 0 heterocycles. The fraction of sp³-hybridized carbons (Fsp3) is 0.667. The first kappa shape index (κ1) is 19.9. The van der Waals surface area contributed by atoms with Crippen LogP contribution in [0.25, 0.3) is 0 Å². The molecule has 0 aliphatic rings. The third-order valence-corrected chi connectivity index (χ3v) is 4.82. The highest BCUT2D eigenvalue weighted by Crippen LogP contribution is 2.52. The van der Waals surface area contributed by atoms with Gasteiger partial charge in [0.15, 0.2) is 0 Å². The Kier molecular flexibility index (Phi) is 7.96. The van der Waals surface area contributed by atoms with Gasteiger partial charge >= 0.3 is 0 Å². The Labute approximate surface area is 153 Å². The van der Waals surface area contributed by atoms with Crippen LogP contribution < -0.4 is 0 Å². The zero-order valence-corrected chi connectivity index (χ0v) is 15.6. The van der Waals surface area contributed by atoms with Gasteiger partial charge in [0.1, 0.15) is 5.38 Å². The van der Waals surface area contributed by atoms with E-state index in [1.54, 1.807) is 0 Å². The van der Waals surface area contributed by atoms with Crippen molar-refractivity contribution >= 4 is 128 Å². The minimum atomic E-state index is -2.10. The molecule has 0 aliphatic carbocycles. The van der Waals surface area contributed by atoms with Gasteiger partial charge in [-0.3, -0.25) is 0 Å². The maximum atomic E-state index is 5.84. The van der Waals surface area contributed by atoms with E-state index in [0.29, 0.717) is 0 Å². The lowest BCUT2D eigenvalue weighted by atomic mass is 10.2. The summed E-state index contributed by atoms with van der Waals surface area (Å²) < 4.78 is -6.17. The lowest BCUT2D eigenvalue weighted by Gasteiger charge is -2.28. The van der Waals surface area contributed by atoms with Gasteiger partial charge in [-0.2, -0.15) is 0 Å². The Balaban J connectivity index is 5.80. The summed E-state index contributed by atoms with van der Waals surface area (Å²) >= 11 is 62.0. The van der Waals surface area contributed by atoms with Crippen LogP contribution in [0.15, 0.2) is 10.6 Å². The molecule has 0 aromatic heterocycles. The van der Waals surface area contributed by atoms with Crippen molar-refractivity contribution in [1.82, 2.24) is 0 Å². The van der Waals surface area contributed by atoms with Crippen molar-refractivity contribution in [1.29, 1.82) is 0 Å². The van der Waals surface area contributed by atoms with Crippen LogP contribution >= 0.6 is 128 Å². The van der Waals surface area contributed by atoms with Crippen molar-refractivity contribution < 1.29 is 0 Å². The van der Waals surface area contributed by atoms with E-state index in [9.17, 15) is 0 Å². The minimum absolute atomic E-state index is 0.328. The van der Waals surface area contributed by atoms with Crippen molar-refractivity contribution in [3.63, 3.8) is 0 Å².